The highest BCUT2D eigenvalue weighted by Crippen LogP contribution is 2.22. The van der Waals surface area contributed by atoms with E-state index in [1.54, 1.807) is 0 Å². The number of aromatic nitrogens is 3. The Labute approximate surface area is 87.4 Å². The Morgan fingerprint density at radius 2 is 2.00 bits per heavy atom. The third kappa shape index (κ3) is 1.13. The van der Waals surface area contributed by atoms with E-state index < -0.39 is 0 Å². The van der Waals surface area contributed by atoms with Crippen molar-refractivity contribution >= 4 is 21.9 Å². The van der Waals surface area contributed by atoms with Crippen LogP contribution in [0.1, 0.15) is 5.69 Å². The molecule has 74 valence electrons. The first-order valence-corrected chi connectivity index (χ1v) is 4.93. The molecular formula is C12H11N3. The minimum Gasteiger partial charge on any atom is -0.334 e. The van der Waals surface area contributed by atoms with Crippen molar-refractivity contribution in [2.75, 3.05) is 0 Å². The lowest BCUT2D eigenvalue weighted by Crippen LogP contribution is -1.86. The largest absolute Gasteiger partial charge is 0.334 e. The molecule has 0 N–H and O–H groups in total. The first-order valence-electron chi connectivity index (χ1n) is 4.93. The van der Waals surface area contributed by atoms with Crippen molar-refractivity contribution in [3.8, 4) is 0 Å². The molecule has 3 nitrogen and oxygen atoms in total. The van der Waals surface area contributed by atoms with Crippen LogP contribution in [0.25, 0.3) is 21.9 Å². The summed E-state index contributed by atoms with van der Waals surface area (Å²) in [6, 6.07) is 8.23. The van der Waals surface area contributed by atoms with Gasteiger partial charge >= 0.3 is 0 Å². The maximum absolute atomic E-state index is 4.49. The molecular weight excluding hydrogens is 186 g/mol. The number of hydrogen-bond acceptors (Lipinski definition) is 2. The van der Waals surface area contributed by atoms with Gasteiger partial charge in [0.2, 0.25) is 0 Å². The maximum Gasteiger partial charge on any atom is 0.0978 e. The zero-order chi connectivity index (χ0) is 10.4. The lowest BCUT2D eigenvalue weighted by Gasteiger charge is -2.00. The molecule has 2 aromatic heterocycles. The number of imidazole rings is 1. The van der Waals surface area contributed by atoms with E-state index >= 15 is 0 Å². The summed E-state index contributed by atoms with van der Waals surface area (Å²) >= 11 is 0. The monoisotopic (exact) mass is 197 g/mol. The Balaban J connectivity index is 2.55. The van der Waals surface area contributed by atoms with E-state index in [1.807, 2.05) is 37.0 Å². The van der Waals surface area contributed by atoms with Crippen LogP contribution in [0.4, 0.5) is 0 Å². The smallest absolute Gasteiger partial charge is 0.0978 e. The topological polar surface area (TPSA) is 30.7 Å². The molecule has 0 aliphatic heterocycles. The highest BCUT2D eigenvalue weighted by Gasteiger charge is 2.05. The second kappa shape index (κ2) is 2.79. The van der Waals surface area contributed by atoms with Gasteiger partial charge in [-0.15, -0.1) is 0 Å². The summed E-state index contributed by atoms with van der Waals surface area (Å²) in [5, 5.41) is 1.12. The van der Waals surface area contributed by atoms with E-state index in [4.69, 9.17) is 0 Å². The fraction of sp³-hybridized carbons (Fsp3) is 0.167. The molecule has 0 fully saturated rings. The fourth-order valence-corrected chi connectivity index (χ4v) is 1.91. The van der Waals surface area contributed by atoms with Gasteiger partial charge in [0.1, 0.15) is 0 Å². The summed E-state index contributed by atoms with van der Waals surface area (Å²) in [4.78, 5) is 8.88. The van der Waals surface area contributed by atoms with E-state index in [9.17, 15) is 0 Å². The molecule has 0 aliphatic carbocycles. The molecule has 15 heavy (non-hydrogen) atoms. The highest BCUT2D eigenvalue weighted by atomic mass is 15.0. The van der Waals surface area contributed by atoms with Crippen LogP contribution >= 0.6 is 0 Å². The molecule has 3 heteroatoms. The Kier molecular flexibility index (Phi) is 1.57. The third-order valence-electron chi connectivity index (χ3n) is 2.70. The van der Waals surface area contributed by atoms with Crippen LogP contribution in [0, 0.1) is 6.92 Å². The van der Waals surface area contributed by atoms with Gasteiger partial charge in [0.15, 0.2) is 0 Å². The predicted molar refractivity (Wildman–Crippen MR) is 60.8 cm³/mol. The molecule has 0 radical (unpaired) electrons. The van der Waals surface area contributed by atoms with Crippen molar-refractivity contribution in [3.63, 3.8) is 0 Å². The van der Waals surface area contributed by atoms with Crippen molar-refractivity contribution in [1.29, 1.82) is 0 Å². The zero-order valence-corrected chi connectivity index (χ0v) is 8.73. The van der Waals surface area contributed by atoms with Gasteiger partial charge in [-0.05, 0) is 31.2 Å². The molecule has 3 aromatic rings. The lowest BCUT2D eigenvalue weighted by molar-refractivity contribution is 0.948. The number of benzene rings is 1. The molecule has 2 heterocycles. The standard InChI is InChI=1S/C12H11N3/c1-8-3-4-9-10(14-8)5-6-11-12(9)13-7-15(11)2/h3-7H,1-2H3. The van der Waals surface area contributed by atoms with Gasteiger partial charge < -0.3 is 4.57 Å². The second-order valence-electron chi connectivity index (χ2n) is 3.81. The average Bonchev–Trinajstić information content (AvgIpc) is 2.60. The number of aryl methyl sites for hydroxylation is 2. The van der Waals surface area contributed by atoms with Crippen molar-refractivity contribution in [2.24, 2.45) is 7.05 Å². The van der Waals surface area contributed by atoms with Gasteiger partial charge in [0, 0.05) is 18.1 Å². The van der Waals surface area contributed by atoms with Crippen LogP contribution in [0.5, 0.6) is 0 Å². The maximum atomic E-state index is 4.49. The number of hydrogen-bond donors (Lipinski definition) is 0. The van der Waals surface area contributed by atoms with Crippen LogP contribution in [0.15, 0.2) is 30.6 Å². The Hall–Kier alpha value is -1.90. The lowest BCUT2D eigenvalue weighted by atomic mass is 10.1. The van der Waals surface area contributed by atoms with Gasteiger partial charge in [-0.2, -0.15) is 0 Å². The van der Waals surface area contributed by atoms with Crippen molar-refractivity contribution in [1.82, 2.24) is 14.5 Å². The minimum absolute atomic E-state index is 1.02. The van der Waals surface area contributed by atoms with E-state index in [-0.39, 0.29) is 0 Å². The first-order chi connectivity index (χ1) is 7.25. The summed E-state index contributed by atoms with van der Waals surface area (Å²) < 4.78 is 2.02. The molecule has 0 amide bonds. The molecule has 0 aliphatic rings. The van der Waals surface area contributed by atoms with Crippen LogP contribution in [-0.2, 0) is 7.05 Å². The van der Waals surface area contributed by atoms with Crippen molar-refractivity contribution in [2.45, 2.75) is 6.92 Å². The quantitative estimate of drug-likeness (QED) is 0.554. The summed E-state index contributed by atoms with van der Waals surface area (Å²) in [6.07, 6.45) is 1.84. The van der Waals surface area contributed by atoms with E-state index in [2.05, 4.69) is 22.1 Å². The number of rotatable bonds is 0. The first kappa shape index (κ1) is 8.41. The minimum atomic E-state index is 1.02. The summed E-state index contributed by atoms with van der Waals surface area (Å²) in [5.41, 5.74) is 4.23. The SMILES string of the molecule is Cc1ccc2c(ccc3c2ncn3C)n1. The van der Waals surface area contributed by atoms with Gasteiger partial charge in [0.25, 0.3) is 0 Å². The van der Waals surface area contributed by atoms with Crippen LogP contribution in [0.2, 0.25) is 0 Å². The van der Waals surface area contributed by atoms with Gasteiger partial charge in [0.05, 0.1) is 22.9 Å². The Morgan fingerprint density at radius 3 is 2.87 bits per heavy atom. The van der Waals surface area contributed by atoms with Crippen molar-refractivity contribution in [3.05, 3.63) is 36.3 Å². The molecule has 0 spiro atoms. The number of nitrogens with zero attached hydrogens (tertiary/aromatic N) is 3. The molecule has 0 saturated carbocycles. The third-order valence-corrected chi connectivity index (χ3v) is 2.70. The number of fused-ring (bicyclic) bond motifs is 3. The molecule has 0 atom stereocenters. The van der Waals surface area contributed by atoms with Crippen LogP contribution in [0.3, 0.4) is 0 Å². The summed E-state index contributed by atoms with van der Waals surface area (Å²) in [7, 11) is 2.00. The van der Waals surface area contributed by atoms with E-state index in [0.717, 1.165) is 27.6 Å². The molecule has 0 unspecified atom stereocenters. The summed E-state index contributed by atoms with van der Waals surface area (Å²) in [6.45, 7) is 2.00. The molecule has 1 aromatic carbocycles. The van der Waals surface area contributed by atoms with E-state index in [1.165, 1.54) is 0 Å². The van der Waals surface area contributed by atoms with Crippen LogP contribution in [-0.4, -0.2) is 14.5 Å². The van der Waals surface area contributed by atoms with Gasteiger partial charge in [-0.1, -0.05) is 0 Å². The number of pyridine rings is 1. The highest BCUT2D eigenvalue weighted by molar-refractivity contribution is 6.02. The normalized spacial score (nSPS) is 11.3. The fourth-order valence-electron chi connectivity index (χ4n) is 1.91. The Morgan fingerprint density at radius 1 is 1.13 bits per heavy atom. The molecule has 0 saturated heterocycles. The molecule has 3 rings (SSSR count). The van der Waals surface area contributed by atoms with Gasteiger partial charge in [-0.25, -0.2) is 4.98 Å². The van der Waals surface area contributed by atoms with Crippen molar-refractivity contribution < 1.29 is 0 Å². The summed E-state index contributed by atoms with van der Waals surface area (Å²) in [5.74, 6) is 0. The van der Waals surface area contributed by atoms with Gasteiger partial charge in [-0.3, -0.25) is 4.98 Å². The average molecular weight is 197 g/mol. The Bertz CT molecular complexity index is 652. The van der Waals surface area contributed by atoms with Crippen LogP contribution < -0.4 is 0 Å². The second-order valence-corrected chi connectivity index (χ2v) is 3.81. The van der Waals surface area contributed by atoms with E-state index in [0.29, 0.717) is 0 Å². The molecule has 0 bridgehead atoms. The predicted octanol–water partition coefficient (Wildman–Crippen LogP) is 2.43. The zero-order valence-electron chi connectivity index (χ0n) is 8.73.